The quantitative estimate of drug-likeness (QED) is 0.588. The molecule has 2 aliphatic rings. The normalized spacial score (nSPS) is 17.5. The molecule has 3 rings (SSSR count). The topological polar surface area (TPSA) is 0 Å². The van der Waals surface area contributed by atoms with E-state index in [0.29, 0.717) is 0 Å². The molecule has 1 heterocycles. The first kappa shape index (κ1) is 7.51. The first-order valence-electron chi connectivity index (χ1n) is 4.53. The van der Waals surface area contributed by atoms with Crippen molar-refractivity contribution in [3.63, 3.8) is 0 Å². The Kier molecular flexibility index (Phi) is 1.62. The van der Waals surface area contributed by atoms with Crippen molar-refractivity contribution >= 4 is 25.4 Å². The van der Waals surface area contributed by atoms with Crippen LogP contribution in [0.1, 0.15) is 11.1 Å². The molecule has 0 saturated heterocycles. The zero-order valence-electron chi connectivity index (χ0n) is 7.25. The predicted molar refractivity (Wildman–Crippen MR) is 58.1 cm³/mol. The summed E-state index contributed by atoms with van der Waals surface area (Å²) in [5.74, 6) is 0. The van der Waals surface area contributed by atoms with Crippen LogP contribution in [0.4, 0.5) is 0 Å². The number of hydrogen-bond acceptors (Lipinski definition) is 0. The fourth-order valence-corrected chi connectivity index (χ4v) is 4.03. The Balaban J connectivity index is 2.24. The number of rotatable bonds is 0. The van der Waals surface area contributed by atoms with Gasteiger partial charge in [-0.15, -0.1) is 0 Å². The molecule has 0 bridgehead atoms. The fourth-order valence-electron chi connectivity index (χ4n) is 2.00. The second-order valence-corrected chi connectivity index (χ2v) is 5.60. The van der Waals surface area contributed by atoms with Crippen LogP contribution >= 0.6 is 0 Å². The Labute approximate surface area is 84.0 Å². The molecule has 0 spiro atoms. The van der Waals surface area contributed by atoms with Gasteiger partial charge < -0.3 is 0 Å². The Bertz CT molecular complexity index is 450. The van der Waals surface area contributed by atoms with Crippen molar-refractivity contribution in [1.82, 2.24) is 0 Å². The molecule has 0 fully saturated rings. The third-order valence-corrected chi connectivity index (χ3v) is 4.47. The van der Waals surface area contributed by atoms with Crippen LogP contribution in [0.25, 0.3) is 5.57 Å². The molecule has 61 valence electrons. The van der Waals surface area contributed by atoms with E-state index in [1.165, 1.54) is 22.3 Å². The van der Waals surface area contributed by atoms with Gasteiger partial charge in [0, 0.05) is 0 Å². The molecule has 0 unspecified atom stereocenters. The SMILES string of the molecule is [C]1=[CH][GeH]=[CH]C2=C1Cc1ccccc12. The standard InChI is InChI=1S/C12H9Ge/c1-2-4-11-9(3-1)7-10-5-6-13-8-12(10)11/h1-4,6,8,13H,7H2. The summed E-state index contributed by atoms with van der Waals surface area (Å²) in [4.78, 5) is 4.73. The van der Waals surface area contributed by atoms with Gasteiger partial charge in [-0.3, -0.25) is 0 Å². The molecule has 0 saturated carbocycles. The van der Waals surface area contributed by atoms with E-state index in [1.54, 1.807) is 0 Å². The van der Waals surface area contributed by atoms with E-state index < -0.39 is 0 Å². The van der Waals surface area contributed by atoms with E-state index in [4.69, 9.17) is 0 Å². The molecule has 1 aliphatic heterocycles. The molecule has 1 aliphatic carbocycles. The molecule has 1 heteroatoms. The average molecular weight is 226 g/mol. The Hall–Kier alpha value is -0.887. The summed E-state index contributed by atoms with van der Waals surface area (Å²) >= 11 is -0.242. The zero-order chi connectivity index (χ0) is 8.67. The van der Waals surface area contributed by atoms with Crippen molar-refractivity contribution in [1.29, 1.82) is 0 Å². The summed E-state index contributed by atoms with van der Waals surface area (Å²) in [5.41, 5.74) is 5.82. The van der Waals surface area contributed by atoms with Crippen molar-refractivity contribution in [2.24, 2.45) is 0 Å². The van der Waals surface area contributed by atoms with E-state index in [2.05, 4.69) is 40.1 Å². The van der Waals surface area contributed by atoms with Crippen LogP contribution in [0.3, 0.4) is 0 Å². The fraction of sp³-hybridized carbons (Fsp3) is 0.0833. The first-order chi connectivity index (χ1) is 6.45. The second kappa shape index (κ2) is 2.81. The molecular weight excluding hydrogens is 217 g/mol. The van der Waals surface area contributed by atoms with Crippen molar-refractivity contribution in [2.45, 2.75) is 6.42 Å². The van der Waals surface area contributed by atoms with Crippen LogP contribution in [0.2, 0.25) is 0 Å². The first-order valence-corrected chi connectivity index (χ1v) is 7.33. The van der Waals surface area contributed by atoms with Crippen LogP contribution in [0, 0.1) is 6.08 Å². The van der Waals surface area contributed by atoms with Crippen LogP contribution in [-0.4, -0.2) is 19.8 Å². The minimum absolute atomic E-state index is 0.242. The van der Waals surface area contributed by atoms with Gasteiger partial charge in [-0.1, -0.05) is 0 Å². The van der Waals surface area contributed by atoms with Gasteiger partial charge in [-0.2, -0.15) is 0 Å². The molecule has 1 aromatic rings. The van der Waals surface area contributed by atoms with E-state index in [0.717, 1.165) is 6.42 Å². The van der Waals surface area contributed by atoms with Crippen LogP contribution < -0.4 is 0 Å². The molecule has 0 aromatic heterocycles. The van der Waals surface area contributed by atoms with E-state index >= 15 is 0 Å². The van der Waals surface area contributed by atoms with E-state index in [1.807, 2.05) is 0 Å². The summed E-state index contributed by atoms with van der Waals surface area (Å²) in [6.07, 6.45) is 4.51. The van der Waals surface area contributed by atoms with Gasteiger partial charge in [0.05, 0.1) is 0 Å². The Morgan fingerprint density at radius 3 is 3.15 bits per heavy atom. The Morgan fingerprint density at radius 1 is 1.23 bits per heavy atom. The molecule has 0 N–H and O–H groups in total. The number of fused-ring (bicyclic) bond motifs is 2. The number of hydrogen-bond donors (Lipinski definition) is 0. The van der Waals surface area contributed by atoms with Gasteiger partial charge in [0.15, 0.2) is 0 Å². The van der Waals surface area contributed by atoms with Crippen LogP contribution in [-0.2, 0) is 6.42 Å². The molecule has 0 nitrogen and oxygen atoms in total. The summed E-state index contributed by atoms with van der Waals surface area (Å²) in [7, 11) is 0. The van der Waals surface area contributed by atoms with Gasteiger partial charge >= 0.3 is 83.8 Å². The molecule has 1 aromatic carbocycles. The zero-order valence-corrected chi connectivity index (χ0v) is 9.67. The third kappa shape index (κ3) is 1.09. The van der Waals surface area contributed by atoms with Crippen molar-refractivity contribution < 1.29 is 0 Å². The van der Waals surface area contributed by atoms with Gasteiger partial charge in [0.2, 0.25) is 0 Å². The molecule has 1 radical (unpaired) electrons. The number of allylic oxidation sites excluding steroid dienone is 3. The summed E-state index contributed by atoms with van der Waals surface area (Å²) < 4.78 is 0. The second-order valence-electron chi connectivity index (χ2n) is 3.40. The van der Waals surface area contributed by atoms with Crippen LogP contribution in [0.5, 0.6) is 0 Å². The summed E-state index contributed by atoms with van der Waals surface area (Å²) in [6, 6.07) is 8.72. The van der Waals surface area contributed by atoms with Gasteiger partial charge in [-0.05, 0) is 0 Å². The molecule has 0 amide bonds. The molecular formula is C12H9Ge. The minimum atomic E-state index is -0.242. The Morgan fingerprint density at radius 2 is 2.15 bits per heavy atom. The maximum atomic E-state index is 3.42. The average Bonchev–Trinajstić information content (AvgIpc) is 2.56. The maximum absolute atomic E-state index is 3.42. The van der Waals surface area contributed by atoms with E-state index in [9.17, 15) is 0 Å². The molecule has 0 atom stereocenters. The van der Waals surface area contributed by atoms with E-state index in [-0.39, 0.29) is 15.0 Å². The summed E-state index contributed by atoms with van der Waals surface area (Å²) in [5, 5.41) is 0. The van der Waals surface area contributed by atoms with Crippen molar-refractivity contribution in [3.05, 3.63) is 52.0 Å². The van der Waals surface area contributed by atoms with Crippen molar-refractivity contribution in [2.75, 3.05) is 0 Å². The third-order valence-electron chi connectivity index (χ3n) is 2.62. The van der Waals surface area contributed by atoms with Crippen molar-refractivity contribution in [3.8, 4) is 0 Å². The predicted octanol–water partition coefficient (Wildman–Crippen LogP) is 1.57. The monoisotopic (exact) mass is 227 g/mol. The number of benzene rings is 1. The van der Waals surface area contributed by atoms with Gasteiger partial charge in [0.25, 0.3) is 0 Å². The van der Waals surface area contributed by atoms with Crippen LogP contribution in [0.15, 0.2) is 34.7 Å². The van der Waals surface area contributed by atoms with Gasteiger partial charge in [0.1, 0.15) is 0 Å². The molecule has 13 heavy (non-hydrogen) atoms. The van der Waals surface area contributed by atoms with Gasteiger partial charge in [-0.25, -0.2) is 0 Å². The summed E-state index contributed by atoms with van der Waals surface area (Å²) in [6.45, 7) is 0.